The minimum Gasteiger partial charge on any atom is -0.319 e. The van der Waals surface area contributed by atoms with E-state index in [1.54, 1.807) is 31.2 Å². The van der Waals surface area contributed by atoms with Crippen LogP contribution in [0.4, 0.5) is 19.5 Å². The lowest BCUT2D eigenvalue weighted by Crippen LogP contribution is -2.23. The van der Waals surface area contributed by atoms with Crippen molar-refractivity contribution in [2.45, 2.75) is 19.3 Å². The van der Waals surface area contributed by atoms with E-state index in [9.17, 15) is 18.4 Å². The molecule has 0 fully saturated rings. The molecule has 0 aliphatic carbocycles. The van der Waals surface area contributed by atoms with Crippen molar-refractivity contribution in [3.63, 3.8) is 0 Å². The molecule has 1 aliphatic rings. The van der Waals surface area contributed by atoms with E-state index < -0.39 is 23.5 Å². The minimum absolute atomic E-state index is 0.0768. The first-order valence-corrected chi connectivity index (χ1v) is 9.50. The van der Waals surface area contributed by atoms with Gasteiger partial charge in [-0.25, -0.2) is 8.78 Å². The predicted molar refractivity (Wildman–Crippen MR) is 105 cm³/mol. The highest BCUT2D eigenvalue weighted by molar-refractivity contribution is 7.18. The van der Waals surface area contributed by atoms with E-state index in [4.69, 9.17) is 0 Å². The Hall–Kier alpha value is -3.06. The zero-order chi connectivity index (χ0) is 19.8. The number of benzene rings is 2. The summed E-state index contributed by atoms with van der Waals surface area (Å²) in [4.78, 5) is 25.3. The SMILES string of the molecule is Cc1c(C(=O)Nc2ccccc2F)sc2c1[C@H](c1ccccc1F)CC(=O)N2. The summed E-state index contributed by atoms with van der Waals surface area (Å²) < 4.78 is 28.2. The lowest BCUT2D eigenvalue weighted by molar-refractivity contribution is -0.116. The number of hydrogen-bond acceptors (Lipinski definition) is 3. The number of carbonyl (C=O) groups excluding carboxylic acids is 2. The fourth-order valence-electron chi connectivity index (χ4n) is 3.49. The molecular weight excluding hydrogens is 382 g/mol. The summed E-state index contributed by atoms with van der Waals surface area (Å²) in [7, 11) is 0. The molecule has 142 valence electrons. The molecule has 0 spiro atoms. The summed E-state index contributed by atoms with van der Waals surface area (Å²) in [5.74, 6) is -2.11. The summed E-state index contributed by atoms with van der Waals surface area (Å²) in [6, 6.07) is 12.2. The van der Waals surface area contributed by atoms with E-state index in [2.05, 4.69) is 10.6 Å². The maximum Gasteiger partial charge on any atom is 0.266 e. The van der Waals surface area contributed by atoms with Crippen molar-refractivity contribution >= 4 is 33.8 Å². The monoisotopic (exact) mass is 398 g/mol. The summed E-state index contributed by atoms with van der Waals surface area (Å²) in [5.41, 5.74) is 1.88. The molecule has 7 heteroatoms. The van der Waals surface area contributed by atoms with Crippen LogP contribution in [0, 0.1) is 18.6 Å². The number of halogens is 2. The third-order valence-corrected chi connectivity index (χ3v) is 6.02. The van der Waals surface area contributed by atoms with E-state index in [1.807, 2.05) is 0 Å². The highest BCUT2D eigenvalue weighted by Crippen LogP contribution is 2.45. The van der Waals surface area contributed by atoms with Gasteiger partial charge in [-0.05, 0) is 41.8 Å². The number of carbonyl (C=O) groups is 2. The van der Waals surface area contributed by atoms with Crippen LogP contribution in [0.1, 0.15) is 38.7 Å². The zero-order valence-corrected chi connectivity index (χ0v) is 15.7. The highest BCUT2D eigenvalue weighted by Gasteiger charge is 2.34. The number of hydrogen-bond donors (Lipinski definition) is 2. The number of anilines is 2. The maximum absolute atomic E-state index is 14.4. The fourth-order valence-corrected chi connectivity index (χ4v) is 4.67. The van der Waals surface area contributed by atoms with Gasteiger partial charge in [0.05, 0.1) is 15.6 Å². The number of rotatable bonds is 3. The standard InChI is InChI=1S/C21H16F2N2O2S/c1-11-18-13(12-6-2-3-7-14(12)22)10-17(26)25-21(18)28-19(11)20(27)24-16-9-5-4-8-15(16)23/h2-9,13H,10H2,1H3,(H,24,27)(H,25,26)/t13-/m0/s1. The Morgan fingerprint density at radius 2 is 1.79 bits per heavy atom. The minimum atomic E-state index is -0.535. The van der Waals surface area contributed by atoms with E-state index in [0.717, 1.165) is 16.9 Å². The van der Waals surface area contributed by atoms with Crippen molar-refractivity contribution in [2.75, 3.05) is 10.6 Å². The Balaban J connectivity index is 1.74. The number of thiophene rings is 1. The molecular formula is C21H16F2N2O2S. The van der Waals surface area contributed by atoms with Crippen LogP contribution in [0.15, 0.2) is 48.5 Å². The van der Waals surface area contributed by atoms with E-state index >= 15 is 0 Å². The quantitative estimate of drug-likeness (QED) is 0.648. The van der Waals surface area contributed by atoms with Gasteiger partial charge in [-0.1, -0.05) is 30.3 Å². The summed E-state index contributed by atoms with van der Waals surface area (Å²) in [5, 5.41) is 5.87. The van der Waals surface area contributed by atoms with Gasteiger partial charge < -0.3 is 10.6 Å². The van der Waals surface area contributed by atoms with Crippen LogP contribution in [0.5, 0.6) is 0 Å². The van der Waals surface area contributed by atoms with Crippen LogP contribution in [0.3, 0.4) is 0 Å². The second-order valence-corrected chi connectivity index (χ2v) is 7.58. The van der Waals surface area contributed by atoms with Crippen molar-refractivity contribution < 1.29 is 18.4 Å². The Morgan fingerprint density at radius 1 is 1.11 bits per heavy atom. The first kappa shape index (κ1) is 18.3. The van der Waals surface area contributed by atoms with Gasteiger partial charge in [-0.15, -0.1) is 11.3 Å². The summed E-state index contributed by atoms with van der Waals surface area (Å²) >= 11 is 1.11. The normalized spacial score (nSPS) is 15.7. The molecule has 0 saturated carbocycles. The van der Waals surface area contributed by atoms with Gasteiger partial charge in [-0.3, -0.25) is 9.59 Å². The largest absolute Gasteiger partial charge is 0.319 e. The highest BCUT2D eigenvalue weighted by atomic mass is 32.1. The second kappa shape index (κ2) is 7.16. The molecule has 2 aromatic carbocycles. The average Bonchev–Trinajstić information content (AvgIpc) is 3.00. The van der Waals surface area contributed by atoms with Crippen molar-refractivity contribution in [3.8, 4) is 0 Å². The third-order valence-electron chi connectivity index (χ3n) is 4.79. The second-order valence-electron chi connectivity index (χ2n) is 6.56. The van der Waals surface area contributed by atoms with E-state index in [0.29, 0.717) is 21.0 Å². The van der Waals surface area contributed by atoms with E-state index in [-0.39, 0.29) is 18.0 Å². The van der Waals surface area contributed by atoms with Crippen LogP contribution in [-0.4, -0.2) is 11.8 Å². The molecule has 0 radical (unpaired) electrons. The maximum atomic E-state index is 14.4. The number of para-hydroxylation sites is 1. The average molecular weight is 398 g/mol. The molecule has 1 aliphatic heterocycles. The molecule has 0 bridgehead atoms. The molecule has 0 unspecified atom stereocenters. The van der Waals surface area contributed by atoms with Crippen LogP contribution in [0.2, 0.25) is 0 Å². The third kappa shape index (κ3) is 3.18. The Bertz CT molecular complexity index is 1090. The van der Waals surface area contributed by atoms with Crippen LogP contribution < -0.4 is 10.6 Å². The van der Waals surface area contributed by atoms with Crippen molar-refractivity contribution in [1.29, 1.82) is 0 Å². The number of fused-ring (bicyclic) bond motifs is 1. The Morgan fingerprint density at radius 3 is 2.50 bits per heavy atom. The molecule has 4 nitrogen and oxygen atoms in total. The molecule has 2 N–H and O–H groups in total. The lowest BCUT2D eigenvalue weighted by Gasteiger charge is -2.24. The zero-order valence-electron chi connectivity index (χ0n) is 14.9. The Labute approximate surface area is 164 Å². The summed E-state index contributed by atoms with van der Waals surface area (Å²) in [6.07, 6.45) is 0.0971. The number of amides is 2. The molecule has 2 heterocycles. The smallest absolute Gasteiger partial charge is 0.266 e. The van der Waals surface area contributed by atoms with Crippen molar-refractivity contribution in [3.05, 3.63) is 81.7 Å². The number of nitrogens with one attached hydrogen (secondary N) is 2. The fraction of sp³-hybridized carbons (Fsp3) is 0.143. The lowest BCUT2D eigenvalue weighted by atomic mass is 9.84. The van der Waals surface area contributed by atoms with Gasteiger partial charge in [0.1, 0.15) is 11.6 Å². The molecule has 28 heavy (non-hydrogen) atoms. The van der Waals surface area contributed by atoms with Crippen molar-refractivity contribution in [2.24, 2.45) is 0 Å². The topological polar surface area (TPSA) is 58.2 Å². The molecule has 1 aromatic heterocycles. The molecule has 1 atom stereocenters. The summed E-state index contributed by atoms with van der Waals surface area (Å²) in [6.45, 7) is 1.76. The first-order valence-electron chi connectivity index (χ1n) is 8.69. The van der Waals surface area contributed by atoms with Crippen LogP contribution >= 0.6 is 11.3 Å². The molecule has 2 amide bonds. The van der Waals surface area contributed by atoms with Crippen LogP contribution in [0.25, 0.3) is 0 Å². The Kier molecular flexibility index (Phi) is 4.68. The van der Waals surface area contributed by atoms with Crippen LogP contribution in [-0.2, 0) is 4.79 Å². The molecule has 4 rings (SSSR count). The van der Waals surface area contributed by atoms with Gasteiger partial charge in [0, 0.05) is 12.3 Å². The first-order chi connectivity index (χ1) is 13.5. The van der Waals surface area contributed by atoms with Crippen molar-refractivity contribution in [1.82, 2.24) is 0 Å². The van der Waals surface area contributed by atoms with Gasteiger partial charge in [0.2, 0.25) is 5.91 Å². The van der Waals surface area contributed by atoms with Gasteiger partial charge in [0.15, 0.2) is 0 Å². The van der Waals surface area contributed by atoms with Gasteiger partial charge in [0.25, 0.3) is 5.91 Å². The molecule has 0 saturated heterocycles. The van der Waals surface area contributed by atoms with Gasteiger partial charge >= 0.3 is 0 Å². The molecule has 3 aromatic rings. The van der Waals surface area contributed by atoms with Gasteiger partial charge in [-0.2, -0.15) is 0 Å². The van der Waals surface area contributed by atoms with E-state index in [1.165, 1.54) is 24.3 Å². The predicted octanol–water partition coefficient (Wildman–Crippen LogP) is 5.06.